The fourth-order valence-corrected chi connectivity index (χ4v) is 1.83. The molecule has 0 aliphatic carbocycles. The maximum absolute atomic E-state index is 11.3. The van der Waals surface area contributed by atoms with Crippen LogP contribution >= 0.6 is 0 Å². The number of benzene rings is 1. The molecule has 5 nitrogen and oxygen atoms in total. The van der Waals surface area contributed by atoms with Crippen LogP contribution in [0.3, 0.4) is 0 Å². The molecule has 0 radical (unpaired) electrons. The molecule has 1 aromatic heterocycles. The van der Waals surface area contributed by atoms with Crippen LogP contribution in [-0.2, 0) is 4.74 Å². The first kappa shape index (κ1) is 14.8. The van der Waals surface area contributed by atoms with Gasteiger partial charge in [-0.15, -0.1) is 0 Å². The fraction of sp³-hybridized carbons (Fsp3) is 0.250. The Bertz CT molecular complexity index is 624. The van der Waals surface area contributed by atoms with Crippen LogP contribution in [0, 0.1) is 13.8 Å². The van der Waals surface area contributed by atoms with Crippen LogP contribution in [0.2, 0.25) is 0 Å². The molecule has 0 atom stereocenters. The predicted octanol–water partition coefficient (Wildman–Crippen LogP) is 4.06. The second-order valence-electron chi connectivity index (χ2n) is 4.60. The Kier molecular flexibility index (Phi) is 4.77. The van der Waals surface area contributed by atoms with Crippen LogP contribution in [0.15, 0.2) is 36.5 Å². The third kappa shape index (κ3) is 4.21. The van der Waals surface area contributed by atoms with E-state index in [0.29, 0.717) is 18.2 Å². The molecule has 1 aromatic carbocycles. The second kappa shape index (κ2) is 6.74. The average molecular weight is 286 g/mol. The van der Waals surface area contributed by atoms with Crippen molar-refractivity contribution in [1.82, 2.24) is 4.98 Å². The molecule has 0 aliphatic rings. The normalized spacial score (nSPS) is 10.0. The summed E-state index contributed by atoms with van der Waals surface area (Å²) in [6.07, 6.45) is 1.03. The van der Waals surface area contributed by atoms with E-state index in [9.17, 15) is 4.79 Å². The topological polar surface area (TPSA) is 60.5 Å². The van der Waals surface area contributed by atoms with Crippen molar-refractivity contribution >= 4 is 11.8 Å². The highest BCUT2D eigenvalue weighted by atomic mass is 16.5. The lowest BCUT2D eigenvalue weighted by Gasteiger charge is -2.09. The van der Waals surface area contributed by atoms with Crippen molar-refractivity contribution in [2.24, 2.45) is 0 Å². The molecule has 5 heteroatoms. The van der Waals surface area contributed by atoms with Gasteiger partial charge in [0.25, 0.3) is 0 Å². The number of aromatic nitrogens is 1. The molecule has 1 heterocycles. The number of pyridine rings is 1. The van der Waals surface area contributed by atoms with Gasteiger partial charge in [-0.2, -0.15) is 0 Å². The van der Waals surface area contributed by atoms with Crippen LogP contribution in [0.4, 0.5) is 10.5 Å². The molecule has 0 fully saturated rings. The highest BCUT2D eigenvalue weighted by Crippen LogP contribution is 2.24. The van der Waals surface area contributed by atoms with Crippen molar-refractivity contribution in [2.75, 3.05) is 11.9 Å². The number of nitrogens with zero attached hydrogens (tertiary/aromatic N) is 1. The minimum absolute atomic E-state index is 0.327. The van der Waals surface area contributed by atoms with Crippen molar-refractivity contribution in [2.45, 2.75) is 20.8 Å². The van der Waals surface area contributed by atoms with Crippen LogP contribution in [0.1, 0.15) is 18.1 Å². The quantitative estimate of drug-likeness (QED) is 0.920. The number of nitrogens with one attached hydrogen (secondary N) is 1. The number of anilines is 1. The van der Waals surface area contributed by atoms with Gasteiger partial charge >= 0.3 is 6.09 Å². The maximum atomic E-state index is 11.3. The monoisotopic (exact) mass is 286 g/mol. The molecule has 2 rings (SSSR count). The van der Waals surface area contributed by atoms with Gasteiger partial charge in [0.1, 0.15) is 5.75 Å². The summed E-state index contributed by atoms with van der Waals surface area (Å²) in [7, 11) is 0. The summed E-state index contributed by atoms with van der Waals surface area (Å²) in [6, 6.07) is 9.35. The Labute approximate surface area is 123 Å². The van der Waals surface area contributed by atoms with Crippen LogP contribution in [-0.4, -0.2) is 17.7 Å². The van der Waals surface area contributed by atoms with Gasteiger partial charge in [0.15, 0.2) is 0 Å². The molecule has 0 spiro atoms. The summed E-state index contributed by atoms with van der Waals surface area (Å²) in [5.41, 5.74) is 2.79. The van der Waals surface area contributed by atoms with Crippen LogP contribution in [0.25, 0.3) is 0 Å². The van der Waals surface area contributed by atoms with Crippen molar-refractivity contribution in [1.29, 1.82) is 0 Å². The molecule has 0 bridgehead atoms. The molecular formula is C16H18N2O3. The number of carbonyl (C=O) groups excluding carboxylic acids is 1. The Balaban J connectivity index is 2.03. The zero-order valence-electron chi connectivity index (χ0n) is 12.3. The third-order valence-electron chi connectivity index (χ3n) is 2.80. The second-order valence-corrected chi connectivity index (χ2v) is 4.60. The summed E-state index contributed by atoms with van der Waals surface area (Å²) in [4.78, 5) is 15.4. The van der Waals surface area contributed by atoms with Crippen LogP contribution in [0.5, 0.6) is 11.6 Å². The lowest BCUT2D eigenvalue weighted by Crippen LogP contribution is -2.13. The zero-order chi connectivity index (χ0) is 15.2. The summed E-state index contributed by atoms with van der Waals surface area (Å²) in [5.74, 6) is 1.23. The molecule has 110 valence electrons. The Hall–Kier alpha value is -2.56. The van der Waals surface area contributed by atoms with E-state index in [1.165, 1.54) is 11.8 Å². The molecule has 0 saturated heterocycles. The number of amides is 1. The summed E-state index contributed by atoms with van der Waals surface area (Å²) in [5, 5.41) is 2.57. The van der Waals surface area contributed by atoms with E-state index in [1.54, 1.807) is 19.1 Å². The summed E-state index contributed by atoms with van der Waals surface area (Å²) in [6.45, 7) is 6.09. The van der Waals surface area contributed by atoms with Crippen molar-refractivity contribution in [3.8, 4) is 11.6 Å². The Morgan fingerprint density at radius 1 is 1.24 bits per heavy atom. The molecule has 0 aliphatic heterocycles. The zero-order valence-corrected chi connectivity index (χ0v) is 12.3. The van der Waals surface area contributed by atoms with Gasteiger partial charge in [-0.3, -0.25) is 5.32 Å². The minimum atomic E-state index is -0.498. The number of rotatable bonds is 4. The van der Waals surface area contributed by atoms with E-state index in [2.05, 4.69) is 10.3 Å². The molecule has 0 saturated carbocycles. The van der Waals surface area contributed by atoms with E-state index >= 15 is 0 Å². The first-order valence-corrected chi connectivity index (χ1v) is 6.73. The summed E-state index contributed by atoms with van der Waals surface area (Å²) < 4.78 is 10.5. The largest absolute Gasteiger partial charge is 0.450 e. The average Bonchev–Trinajstić information content (AvgIpc) is 2.44. The number of hydrogen-bond acceptors (Lipinski definition) is 4. The molecule has 1 amide bonds. The highest BCUT2D eigenvalue weighted by Gasteiger charge is 2.05. The third-order valence-corrected chi connectivity index (χ3v) is 2.80. The number of ether oxygens (including phenoxy) is 2. The maximum Gasteiger partial charge on any atom is 0.411 e. The van der Waals surface area contributed by atoms with Gasteiger partial charge < -0.3 is 9.47 Å². The lowest BCUT2D eigenvalue weighted by atomic mass is 10.1. The molecular weight excluding hydrogens is 268 g/mol. The van der Waals surface area contributed by atoms with E-state index in [0.717, 1.165) is 11.3 Å². The SMILES string of the molecule is CCOC(=O)Nc1ccc(Oc2ccc(C)cc2C)nc1. The van der Waals surface area contributed by atoms with E-state index in [-0.39, 0.29) is 0 Å². The van der Waals surface area contributed by atoms with Crippen molar-refractivity contribution < 1.29 is 14.3 Å². The summed E-state index contributed by atoms with van der Waals surface area (Å²) >= 11 is 0. The first-order valence-electron chi connectivity index (χ1n) is 6.73. The Morgan fingerprint density at radius 3 is 2.67 bits per heavy atom. The smallest absolute Gasteiger partial charge is 0.411 e. The van der Waals surface area contributed by atoms with Crippen molar-refractivity contribution in [3.63, 3.8) is 0 Å². The van der Waals surface area contributed by atoms with Gasteiger partial charge in [-0.1, -0.05) is 17.7 Å². The number of carbonyl (C=O) groups is 1. The lowest BCUT2D eigenvalue weighted by molar-refractivity contribution is 0.168. The van der Waals surface area contributed by atoms with E-state index < -0.39 is 6.09 Å². The molecule has 1 N–H and O–H groups in total. The van der Waals surface area contributed by atoms with Gasteiger partial charge in [0, 0.05) is 6.07 Å². The first-order chi connectivity index (χ1) is 10.1. The van der Waals surface area contributed by atoms with Gasteiger partial charge in [0.05, 0.1) is 18.5 Å². The van der Waals surface area contributed by atoms with E-state index in [1.807, 2.05) is 32.0 Å². The Morgan fingerprint density at radius 2 is 2.05 bits per heavy atom. The van der Waals surface area contributed by atoms with Gasteiger partial charge in [0.2, 0.25) is 5.88 Å². The molecule has 21 heavy (non-hydrogen) atoms. The predicted molar refractivity (Wildman–Crippen MR) is 80.9 cm³/mol. The van der Waals surface area contributed by atoms with E-state index in [4.69, 9.17) is 9.47 Å². The number of hydrogen-bond donors (Lipinski definition) is 1. The van der Waals surface area contributed by atoms with Crippen LogP contribution < -0.4 is 10.1 Å². The molecule has 0 unspecified atom stereocenters. The fourth-order valence-electron chi connectivity index (χ4n) is 1.83. The molecule has 2 aromatic rings. The highest BCUT2D eigenvalue weighted by molar-refractivity contribution is 5.84. The standard InChI is InChI=1S/C16H18N2O3/c1-4-20-16(19)18-13-6-8-15(17-10-13)21-14-7-5-11(2)9-12(14)3/h5-10H,4H2,1-3H3,(H,18,19). The van der Waals surface area contributed by atoms with Gasteiger partial charge in [-0.25, -0.2) is 9.78 Å². The van der Waals surface area contributed by atoms with Gasteiger partial charge in [-0.05, 0) is 38.5 Å². The van der Waals surface area contributed by atoms with Crippen molar-refractivity contribution in [3.05, 3.63) is 47.7 Å². The number of aryl methyl sites for hydroxylation is 2. The minimum Gasteiger partial charge on any atom is -0.450 e.